The number of carbonyl (C=O) groups excluding carboxylic acids is 2. The van der Waals surface area contributed by atoms with E-state index in [1.54, 1.807) is 0 Å². The van der Waals surface area contributed by atoms with Crippen molar-refractivity contribution in [1.82, 2.24) is 0 Å². The van der Waals surface area contributed by atoms with E-state index in [0.29, 0.717) is 32.1 Å². The van der Waals surface area contributed by atoms with Crippen molar-refractivity contribution in [2.24, 2.45) is 32.9 Å². The molecule has 2 amide bonds. The van der Waals surface area contributed by atoms with E-state index in [2.05, 4.69) is 20.1 Å². The number of hydrogen-bond acceptors (Lipinski definition) is 2. The zero-order valence-electron chi connectivity index (χ0n) is 10.9. The Morgan fingerprint density at radius 3 is 1.65 bits per heavy atom. The molecular weight excluding hydrogens is 260 g/mol. The second-order valence-electron chi connectivity index (χ2n) is 6.51. The second kappa shape index (κ2) is 4.23. The maximum absolute atomic E-state index is 12.2. The third-order valence-electron chi connectivity index (χ3n) is 5.24. The molecule has 0 saturated heterocycles. The van der Waals surface area contributed by atoms with Crippen molar-refractivity contribution in [2.75, 3.05) is 0 Å². The van der Waals surface area contributed by atoms with E-state index in [4.69, 9.17) is 11.1 Å². The number of azide groups is 2. The smallest absolute Gasteiger partial charge is 0.225 e. The summed E-state index contributed by atoms with van der Waals surface area (Å²) < 4.78 is 0. The quantitative estimate of drug-likeness (QED) is 0.434. The van der Waals surface area contributed by atoms with E-state index in [9.17, 15) is 9.59 Å². The summed E-state index contributed by atoms with van der Waals surface area (Å²) in [6.45, 7) is 0. The fourth-order valence-corrected chi connectivity index (χ4v) is 5.06. The van der Waals surface area contributed by atoms with Crippen molar-refractivity contribution in [2.45, 2.75) is 38.5 Å². The van der Waals surface area contributed by atoms with Crippen molar-refractivity contribution < 1.29 is 9.59 Å². The normalized spacial score (nSPS) is 40.6. The van der Waals surface area contributed by atoms with Gasteiger partial charge in [-0.3, -0.25) is 9.59 Å². The summed E-state index contributed by atoms with van der Waals surface area (Å²) in [7, 11) is 0. The van der Waals surface area contributed by atoms with Gasteiger partial charge in [0.1, 0.15) is 0 Å². The van der Waals surface area contributed by atoms with Crippen LogP contribution in [0.25, 0.3) is 20.9 Å². The number of amides is 2. The van der Waals surface area contributed by atoms with Crippen LogP contribution in [0.2, 0.25) is 0 Å². The first kappa shape index (κ1) is 13.0. The molecule has 104 valence electrons. The van der Waals surface area contributed by atoms with E-state index >= 15 is 0 Å². The molecule has 4 saturated carbocycles. The highest BCUT2D eigenvalue weighted by molar-refractivity contribution is 5.88. The largest absolute Gasteiger partial charge is 0.292 e. The van der Waals surface area contributed by atoms with Crippen LogP contribution in [-0.2, 0) is 9.59 Å². The number of nitrogens with zero attached hydrogens (tertiary/aromatic N) is 6. The molecule has 0 radical (unpaired) electrons. The molecule has 4 aliphatic rings. The Kier molecular flexibility index (Phi) is 2.74. The van der Waals surface area contributed by atoms with Crippen LogP contribution >= 0.6 is 0 Å². The zero-order valence-corrected chi connectivity index (χ0v) is 10.9. The van der Waals surface area contributed by atoms with Gasteiger partial charge in [0.05, 0.1) is 0 Å². The van der Waals surface area contributed by atoms with Gasteiger partial charge in [-0.25, -0.2) is 0 Å². The third kappa shape index (κ3) is 1.69. The molecule has 4 aliphatic carbocycles. The van der Waals surface area contributed by atoms with E-state index in [1.807, 2.05) is 0 Å². The van der Waals surface area contributed by atoms with Crippen LogP contribution in [0.15, 0.2) is 10.2 Å². The zero-order chi connectivity index (χ0) is 14.4. The summed E-state index contributed by atoms with van der Waals surface area (Å²) in [4.78, 5) is 29.6. The van der Waals surface area contributed by atoms with E-state index in [0.717, 1.165) is 6.42 Å². The van der Waals surface area contributed by atoms with Crippen LogP contribution in [0.4, 0.5) is 0 Å². The minimum Gasteiger partial charge on any atom is -0.292 e. The molecule has 4 rings (SSSR count). The summed E-state index contributed by atoms with van der Waals surface area (Å²) in [6, 6.07) is 0. The number of rotatable bonds is 2. The van der Waals surface area contributed by atoms with Gasteiger partial charge in [0.25, 0.3) is 0 Å². The van der Waals surface area contributed by atoms with Crippen LogP contribution < -0.4 is 0 Å². The lowest BCUT2D eigenvalue weighted by atomic mass is 9.44. The molecule has 0 spiro atoms. The molecule has 0 unspecified atom stereocenters. The molecule has 8 nitrogen and oxygen atoms in total. The maximum atomic E-state index is 12.2. The molecule has 4 bridgehead atoms. The second-order valence-corrected chi connectivity index (χ2v) is 6.51. The van der Waals surface area contributed by atoms with Gasteiger partial charge in [-0.15, -0.1) is 0 Å². The van der Waals surface area contributed by atoms with Gasteiger partial charge in [-0.2, -0.15) is 0 Å². The monoisotopic (exact) mass is 274 g/mol. The van der Waals surface area contributed by atoms with Crippen molar-refractivity contribution in [3.05, 3.63) is 20.9 Å². The fraction of sp³-hybridized carbons (Fsp3) is 0.833. The highest BCUT2D eigenvalue weighted by Crippen LogP contribution is 2.66. The Hall–Kier alpha value is -2.04. The van der Waals surface area contributed by atoms with Gasteiger partial charge in [-0.1, -0.05) is 0 Å². The SMILES string of the molecule is [N-]=[N+]=NC(=O)C12CC3CC(C1)CC(C(=O)N=[N+]=[N-])(C3)C2. The van der Waals surface area contributed by atoms with Gasteiger partial charge in [0, 0.05) is 20.7 Å². The molecule has 0 heterocycles. The number of carbonyl (C=O) groups is 2. The van der Waals surface area contributed by atoms with Crippen LogP contribution in [-0.4, -0.2) is 11.8 Å². The molecule has 20 heavy (non-hydrogen) atoms. The molecular formula is C12H14N6O2. The minimum atomic E-state index is -0.711. The standard InChI is InChI=1S/C12H14N6O2/c13-17-15-9(19)11-2-7-1-8(4-11)5-12(3-7,6-11)10(20)16-18-14/h7-8H,1-6H2. The molecule has 0 aromatic rings. The summed E-state index contributed by atoms with van der Waals surface area (Å²) in [6.07, 6.45) is 4.12. The molecule has 0 N–H and O–H groups in total. The minimum absolute atomic E-state index is 0.284. The summed E-state index contributed by atoms with van der Waals surface area (Å²) in [5, 5.41) is 6.56. The van der Waals surface area contributed by atoms with Gasteiger partial charge in [0.15, 0.2) is 0 Å². The molecule has 4 fully saturated rings. The molecule has 0 aromatic heterocycles. The highest BCUT2D eigenvalue weighted by atomic mass is 16.2. The topological polar surface area (TPSA) is 132 Å². The lowest BCUT2D eigenvalue weighted by molar-refractivity contribution is -0.163. The Balaban J connectivity index is 2.01. The summed E-state index contributed by atoms with van der Waals surface area (Å²) in [5.74, 6) is -0.335. The number of hydrogen-bond donors (Lipinski definition) is 0. The lowest BCUT2D eigenvalue weighted by Crippen LogP contribution is -2.56. The lowest BCUT2D eigenvalue weighted by Gasteiger charge is -2.60. The third-order valence-corrected chi connectivity index (χ3v) is 5.24. The van der Waals surface area contributed by atoms with Crippen LogP contribution in [0.1, 0.15) is 38.5 Å². The Labute approximate surface area is 114 Å². The maximum Gasteiger partial charge on any atom is 0.225 e. The van der Waals surface area contributed by atoms with Crippen molar-refractivity contribution in [3.8, 4) is 0 Å². The van der Waals surface area contributed by atoms with Crippen molar-refractivity contribution in [3.63, 3.8) is 0 Å². The first-order valence-corrected chi connectivity index (χ1v) is 6.73. The summed E-state index contributed by atoms with van der Waals surface area (Å²) >= 11 is 0. The molecule has 8 heteroatoms. The van der Waals surface area contributed by atoms with Crippen LogP contribution in [0, 0.1) is 22.7 Å². The summed E-state index contributed by atoms with van der Waals surface area (Å²) in [5.41, 5.74) is 15.6. The molecule has 0 aromatic carbocycles. The predicted octanol–water partition coefficient (Wildman–Crippen LogP) is 3.25. The first-order valence-electron chi connectivity index (χ1n) is 6.73. The molecule has 0 aliphatic heterocycles. The van der Waals surface area contributed by atoms with Crippen LogP contribution in [0.5, 0.6) is 0 Å². The van der Waals surface area contributed by atoms with Gasteiger partial charge in [0.2, 0.25) is 11.8 Å². The van der Waals surface area contributed by atoms with Crippen LogP contribution in [0.3, 0.4) is 0 Å². The van der Waals surface area contributed by atoms with Crippen molar-refractivity contribution in [1.29, 1.82) is 0 Å². The first-order chi connectivity index (χ1) is 9.53. The van der Waals surface area contributed by atoms with Gasteiger partial charge < -0.3 is 0 Å². The molecule has 0 atom stereocenters. The highest BCUT2D eigenvalue weighted by Gasteiger charge is 2.62. The average molecular weight is 274 g/mol. The Morgan fingerprint density at radius 1 is 0.900 bits per heavy atom. The van der Waals surface area contributed by atoms with Gasteiger partial charge in [-0.05, 0) is 71.7 Å². The Morgan fingerprint density at radius 2 is 1.30 bits per heavy atom. The predicted molar refractivity (Wildman–Crippen MR) is 67.9 cm³/mol. The van der Waals surface area contributed by atoms with E-state index < -0.39 is 22.6 Å². The average Bonchev–Trinajstić information content (AvgIpc) is 2.37. The van der Waals surface area contributed by atoms with Crippen molar-refractivity contribution >= 4 is 11.8 Å². The van der Waals surface area contributed by atoms with Gasteiger partial charge >= 0.3 is 0 Å². The van der Waals surface area contributed by atoms with E-state index in [1.165, 1.54) is 0 Å². The fourth-order valence-electron chi connectivity index (χ4n) is 5.06. The Bertz CT molecular complexity index is 525. The van der Waals surface area contributed by atoms with E-state index in [-0.39, 0.29) is 11.8 Å².